The van der Waals surface area contributed by atoms with Gasteiger partial charge in [-0.2, -0.15) is 5.10 Å². The molecular weight excluding hydrogens is 228 g/mol. The van der Waals surface area contributed by atoms with Crippen LogP contribution in [-0.4, -0.2) is 28.3 Å². The van der Waals surface area contributed by atoms with E-state index in [-0.39, 0.29) is 10.8 Å². The van der Waals surface area contributed by atoms with Gasteiger partial charge in [0.1, 0.15) is 0 Å². The highest BCUT2D eigenvalue weighted by molar-refractivity contribution is 7.80. The molecule has 84 valence electrons. The Hall–Kier alpha value is -2.02. The van der Waals surface area contributed by atoms with E-state index >= 15 is 0 Å². The summed E-state index contributed by atoms with van der Waals surface area (Å²) in [5, 5.41) is 15.9. The number of hydrazone groups is 1. The molecule has 0 aromatic heterocycles. The average molecular weight is 238 g/mol. The van der Waals surface area contributed by atoms with Gasteiger partial charge < -0.3 is 5.73 Å². The molecule has 0 fully saturated rings. The molecule has 0 amide bonds. The minimum Gasteiger partial charge on any atom is -0.375 e. The van der Waals surface area contributed by atoms with Crippen molar-refractivity contribution >= 4 is 29.2 Å². The number of nitrogens with zero attached hydrogens (tertiary/aromatic N) is 3. The third kappa shape index (κ3) is 2.99. The normalized spacial score (nSPS) is 10.3. The molecule has 0 saturated carbocycles. The van der Waals surface area contributed by atoms with Gasteiger partial charge >= 0.3 is 0 Å². The molecule has 1 aromatic carbocycles. The third-order valence-electron chi connectivity index (χ3n) is 1.82. The van der Waals surface area contributed by atoms with Gasteiger partial charge in [-0.1, -0.05) is 12.1 Å². The second kappa shape index (κ2) is 5.17. The van der Waals surface area contributed by atoms with Crippen molar-refractivity contribution < 1.29 is 4.92 Å². The molecule has 0 saturated heterocycles. The summed E-state index contributed by atoms with van der Waals surface area (Å²) in [6.07, 6.45) is 1.34. The monoisotopic (exact) mass is 238 g/mol. The molecule has 0 unspecified atom stereocenters. The first-order valence-corrected chi connectivity index (χ1v) is 4.73. The van der Waals surface area contributed by atoms with Crippen molar-refractivity contribution in [2.24, 2.45) is 10.8 Å². The van der Waals surface area contributed by atoms with Crippen molar-refractivity contribution in [2.75, 3.05) is 7.05 Å². The lowest BCUT2D eigenvalue weighted by molar-refractivity contribution is -0.385. The first-order chi connectivity index (χ1) is 7.52. The number of hydrogen-bond donors (Lipinski definition) is 1. The summed E-state index contributed by atoms with van der Waals surface area (Å²) < 4.78 is 0. The lowest BCUT2D eigenvalue weighted by Crippen LogP contribution is -2.27. The molecule has 0 aliphatic carbocycles. The van der Waals surface area contributed by atoms with Gasteiger partial charge in [0.15, 0.2) is 5.11 Å². The van der Waals surface area contributed by atoms with Crippen molar-refractivity contribution in [1.29, 1.82) is 0 Å². The van der Waals surface area contributed by atoms with E-state index in [0.29, 0.717) is 5.56 Å². The van der Waals surface area contributed by atoms with Gasteiger partial charge in [-0.05, 0) is 18.3 Å². The first-order valence-electron chi connectivity index (χ1n) is 4.33. The van der Waals surface area contributed by atoms with Crippen LogP contribution in [0.3, 0.4) is 0 Å². The Kier molecular flexibility index (Phi) is 3.90. The number of nitrogens with two attached hydrogens (primary N) is 1. The minimum atomic E-state index is -0.470. The van der Waals surface area contributed by atoms with Crippen molar-refractivity contribution in [3.8, 4) is 0 Å². The number of benzene rings is 1. The van der Waals surface area contributed by atoms with Crippen LogP contribution in [0.1, 0.15) is 5.56 Å². The smallest absolute Gasteiger partial charge is 0.278 e. The zero-order valence-corrected chi connectivity index (χ0v) is 9.35. The average Bonchev–Trinajstić information content (AvgIpc) is 2.25. The molecule has 0 aliphatic rings. The van der Waals surface area contributed by atoms with Crippen LogP contribution >= 0.6 is 12.2 Å². The van der Waals surface area contributed by atoms with Crippen LogP contribution in [0.25, 0.3) is 0 Å². The molecule has 0 radical (unpaired) electrons. The number of nitro benzene ring substituents is 1. The highest BCUT2D eigenvalue weighted by Crippen LogP contribution is 2.15. The second-order valence-corrected chi connectivity index (χ2v) is 3.34. The molecule has 0 aliphatic heterocycles. The first kappa shape index (κ1) is 12.1. The topological polar surface area (TPSA) is 84.8 Å². The lowest BCUT2D eigenvalue weighted by atomic mass is 10.2. The minimum absolute atomic E-state index is 0.0115. The number of para-hydroxylation sites is 1. The highest BCUT2D eigenvalue weighted by Gasteiger charge is 2.10. The Labute approximate surface area is 97.5 Å². The molecule has 2 N–H and O–H groups in total. The fourth-order valence-electron chi connectivity index (χ4n) is 0.969. The van der Waals surface area contributed by atoms with Gasteiger partial charge in [0.25, 0.3) is 5.69 Å². The van der Waals surface area contributed by atoms with Crippen LogP contribution < -0.4 is 5.73 Å². The van der Waals surface area contributed by atoms with Crippen LogP contribution in [0.5, 0.6) is 0 Å². The van der Waals surface area contributed by atoms with Gasteiger partial charge in [0.05, 0.1) is 16.7 Å². The molecule has 0 heterocycles. The van der Waals surface area contributed by atoms with E-state index in [9.17, 15) is 10.1 Å². The second-order valence-electron chi connectivity index (χ2n) is 2.92. The summed E-state index contributed by atoms with van der Waals surface area (Å²) in [5.41, 5.74) is 5.69. The Bertz CT molecular complexity index is 447. The quantitative estimate of drug-likeness (QED) is 0.369. The maximum Gasteiger partial charge on any atom is 0.278 e. The van der Waals surface area contributed by atoms with Crippen LogP contribution in [0.2, 0.25) is 0 Å². The Morgan fingerprint density at radius 1 is 1.62 bits per heavy atom. The number of hydrogen-bond acceptors (Lipinski definition) is 4. The third-order valence-corrected chi connectivity index (χ3v) is 2.09. The van der Waals surface area contributed by atoms with Crippen molar-refractivity contribution in [3.63, 3.8) is 0 Å². The van der Waals surface area contributed by atoms with Gasteiger partial charge in [-0.3, -0.25) is 10.1 Å². The number of thiocarbonyl (C=S) groups is 1. The van der Waals surface area contributed by atoms with Gasteiger partial charge in [0, 0.05) is 13.1 Å². The van der Waals surface area contributed by atoms with Crippen molar-refractivity contribution in [1.82, 2.24) is 5.01 Å². The highest BCUT2D eigenvalue weighted by atomic mass is 32.1. The van der Waals surface area contributed by atoms with Gasteiger partial charge in [-0.15, -0.1) is 0 Å². The Morgan fingerprint density at radius 2 is 2.25 bits per heavy atom. The summed E-state index contributed by atoms with van der Waals surface area (Å²) in [6, 6.07) is 6.28. The molecule has 16 heavy (non-hydrogen) atoms. The summed E-state index contributed by atoms with van der Waals surface area (Å²) in [6.45, 7) is 0. The van der Waals surface area contributed by atoms with E-state index in [1.54, 1.807) is 25.2 Å². The molecule has 0 bridgehead atoms. The van der Waals surface area contributed by atoms with Crippen LogP contribution in [-0.2, 0) is 0 Å². The summed E-state index contributed by atoms with van der Waals surface area (Å²) in [5.74, 6) is 0. The van der Waals surface area contributed by atoms with Crippen molar-refractivity contribution in [3.05, 3.63) is 39.9 Å². The standard InChI is InChI=1S/C9H10N4O2S/c1-12(9(10)16)11-6-7-4-2-3-5-8(7)13(14)15/h2-6H,1H3,(H2,10,16)/b11-6+. The largest absolute Gasteiger partial charge is 0.375 e. The van der Waals surface area contributed by atoms with Gasteiger partial charge in [0.2, 0.25) is 0 Å². The zero-order chi connectivity index (χ0) is 12.1. The molecular formula is C9H10N4O2S. The molecule has 1 rings (SSSR count). The van der Waals surface area contributed by atoms with Crippen LogP contribution in [0.15, 0.2) is 29.4 Å². The SMILES string of the molecule is CN(/N=C/c1ccccc1[N+](=O)[O-])C(N)=S. The zero-order valence-electron chi connectivity index (χ0n) is 8.53. The van der Waals surface area contributed by atoms with E-state index in [0.717, 1.165) is 0 Å². The molecule has 0 atom stereocenters. The maximum atomic E-state index is 10.7. The molecule has 1 aromatic rings. The fourth-order valence-corrected chi connectivity index (χ4v) is 1.02. The van der Waals surface area contributed by atoms with E-state index in [4.69, 9.17) is 5.73 Å². The predicted octanol–water partition coefficient (Wildman–Crippen LogP) is 1.10. The van der Waals surface area contributed by atoms with Crippen LogP contribution in [0, 0.1) is 10.1 Å². The lowest BCUT2D eigenvalue weighted by Gasteiger charge is -2.08. The van der Waals surface area contributed by atoms with E-state index < -0.39 is 4.92 Å². The van der Waals surface area contributed by atoms with Crippen molar-refractivity contribution in [2.45, 2.75) is 0 Å². The summed E-state index contributed by atoms with van der Waals surface area (Å²) >= 11 is 4.67. The van der Waals surface area contributed by atoms with E-state index in [1.807, 2.05) is 0 Å². The van der Waals surface area contributed by atoms with E-state index in [2.05, 4.69) is 17.3 Å². The molecule has 7 heteroatoms. The van der Waals surface area contributed by atoms with Gasteiger partial charge in [-0.25, -0.2) is 5.01 Å². The number of rotatable bonds is 3. The number of nitro groups is 1. The summed E-state index contributed by atoms with van der Waals surface area (Å²) in [7, 11) is 1.56. The Morgan fingerprint density at radius 3 is 2.81 bits per heavy atom. The molecule has 0 spiro atoms. The molecule has 6 nitrogen and oxygen atoms in total. The fraction of sp³-hybridized carbons (Fsp3) is 0.111. The van der Waals surface area contributed by atoms with E-state index in [1.165, 1.54) is 17.3 Å². The Balaban J connectivity index is 2.97. The summed E-state index contributed by atoms with van der Waals surface area (Å²) in [4.78, 5) is 10.2. The maximum absolute atomic E-state index is 10.7. The van der Waals surface area contributed by atoms with Crippen LogP contribution in [0.4, 0.5) is 5.69 Å². The predicted molar refractivity (Wildman–Crippen MR) is 65.2 cm³/mol.